The van der Waals surface area contributed by atoms with E-state index < -0.39 is 6.23 Å². The number of hydrogen-bond acceptors (Lipinski definition) is 4. The molecule has 0 saturated heterocycles. The molecule has 1 N–H and O–H groups in total. The van der Waals surface area contributed by atoms with E-state index >= 15 is 0 Å². The average Bonchev–Trinajstić information content (AvgIpc) is 2.16. The number of aliphatic hydroxyl groups excluding tert-OH is 1. The highest BCUT2D eigenvalue weighted by Crippen LogP contribution is 2.16. The normalized spacial score (nSPS) is 18.5. The smallest absolute Gasteiger partial charge is 0.135 e. The summed E-state index contributed by atoms with van der Waals surface area (Å²) < 4.78 is 4.98. The van der Waals surface area contributed by atoms with Crippen molar-refractivity contribution in [3.63, 3.8) is 0 Å². The maximum absolute atomic E-state index is 9.25. The molecule has 1 unspecified atom stereocenters. The Morgan fingerprint density at radius 1 is 1.77 bits per heavy atom. The maximum atomic E-state index is 9.25. The van der Waals surface area contributed by atoms with E-state index in [4.69, 9.17) is 10.00 Å². The van der Waals surface area contributed by atoms with Gasteiger partial charge in [-0.05, 0) is 13.0 Å². The molecule has 1 heterocycles. The molecular weight excluding hydrogens is 168 g/mol. The number of rotatable bonds is 2. The van der Waals surface area contributed by atoms with Crippen molar-refractivity contribution in [2.24, 2.45) is 0 Å². The molecule has 0 bridgehead atoms. The summed E-state index contributed by atoms with van der Waals surface area (Å²) in [5.74, 6) is 0.569. The number of hydrogen-bond donors (Lipinski definition) is 1. The lowest BCUT2D eigenvalue weighted by Crippen LogP contribution is -2.31. The van der Waals surface area contributed by atoms with Crippen LogP contribution in [0.1, 0.15) is 6.92 Å². The average molecular weight is 180 g/mol. The monoisotopic (exact) mass is 180 g/mol. The van der Waals surface area contributed by atoms with E-state index in [1.165, 1.54) is 7.11 Å². The van der Waals surface area contributed by atoms with Crippen molar-refractivity contribution in [3.05, 3.63) is 23.6 Å². The number of methoxy groups -OCH3 is 1. The fraction of sp³-hybridized carbons (Fsp3) is 0.444. The molecule has 0 saturated carbocycles. The summed E-state index contributed by atoms with van der Waals surface area (Å²) in [4.78, 5) is 1.65. The van der Waals surface area contributed by atoms with Gasteiger partial charge in [-0.25, -0.2) is 0 Å². The van der Waals surface area contributed by atoms with Crippen LogP contribution >= 0.6 is 0 Å². The summed E-state index contributed by atoms with van der Waals surface area (Å²) >= 11 is 0. The van der Waals surface area contributed by atoms with Gasteiger partial charge >= 0.3 is 0 Å². The van der Waals surface area contributed by atoms with Crippen LogP contribution in [0.3, 0.4) is 0 Å². The van der Waals surface area contributed by atoms with Gasteiger partial charge in [-0.3, -0.25) is 0 Å². The number of aliphatic hydroxyl groups is 1. The van der Waals surface area contributed by atoms with Crippen molar-refractivity contribution in [1.29, 1.82) is 5.26 Å². The summed E-state index contributed by atoms with van der Waals surface area (Å²) in [5.41, 5.74) is 0.533. The van der Waals surface area contributed by atoms with Gasteiger partial charge in [-0.15, -0.1) is 0 Å². The molecule has 1 aliphatic heterocycles. The molecule has 0 aromatic heterocycles. The Labute approximate surface area is 77.3 Å². The highest BCUT2D eigenvalue weighted by atomic mass is 16.5. The number of nitrogens with zero attached hydrogens (tertiary/aromatic N) is 2. The summed E-state index contributed by atoms with van der Waals surface area (Å²) in [7, 11) is 1.52. The summed E-state index contributed by atoms with van der Waals surface area (Å²) in [6.07, 6.45) is 2.80. The Hall–Kier alpha value is -1.47. The van der Waals surface area contributed by atoms with E-state index in [2.05, 4.69) is 0 Å². The summed E-state index contributed by atoms with van der Waals surface area (Å²) in [5, 5.41) is 18.0. The first-order valence-electron chi connectivity index (χ1n) is 3.98. The topological polar surface area (TPSA) is 56.5 Å². The van der Waals surface area contributed by atoms with Crippen LogP contribution < -0.4 is 0 Å². The molecule has 0 fully saturated rings. The minimum atomic E-state index is -0.585. The van der Waals surface area contributed by atoms with Crippen LogP contribution in [0.25, 0.3) is 0 Å². The largest absolute Gasteiger partial charge is 0.496 e. The fourth-order valence-corrected chi connectivity index (χ4v) is 1.12. The standard InChI is InChI=1S/C9H12N2O2/c1-7(12)11-4-3-9(13-2)8(5-10)6-11/h3-4,7,12H,6H2,1-2H3. The van der Waals surface area contributed by atoms with Crippen LogP contribution in [0.5, 0.6) is 0 Å². The van der Waals surface area contributed by atoms with E-state index in [1.807, 2.05) is 6.07 Å². The summed E-state index contributed by atoms with van der Waals surface area (Å²) in [6.45, 7) is 2.05. The van der Waals surface area contributed by atoms with Gasteiger partial charge < -0.3 is 14.7 Å². The van der Waals surface area contributed by atoms with Gasteiger partial charge in [-0.1, -0.05) is 0 Å². The van der Waals surface area contributed by atoms with Crippen molar-refractivity contribution in [2.45, 2.75) is 13.2 Å². The predicted molar refractivity (Wildman–Crippen MR) is 47.2 cm³/mol. The van der Waals surface area contributed by atoms with Gasteiger partial charge in [0.1, 0.15) is 18.1 Å². The molecular formula is C9H12N2O2. The first kappa shape index (κ1) is 9.62. The molecule has 0 aromatic rings. The van der Waals surface area contributed by atoms with Crippen LogP contribution in [0.4, 0.5) is 0 Å². The Bertz CT molecular complexity index is 286. The third-order valence-corrected chi connectivity index (χ3v) is 1.89. The number of allylic oxidation sites excluding steroid dienone is 1. The second-order valence-corrected chi connectivity index (χ2v) is 2.78. The lowest BCUT2D eigenvalue weighted by molar-refractivity contribution is 0.0587. The quantitative estimate of drug-likeness (QED) is 0.675. The Morgan fingerprint density at radius 3 is 2.92 bits per heavy atom. The van der Waals surface area contributed by atoms with E-state index in [1.54, 1.807) is 24.1 Å². The SMILES string of the molecule is COC1=C(C#N)CN(C(C)O)C=C1. The van der Waals surface area contributed by atoms with Gasteiger partial charge in [0.25, 0.3) is 0 Å². The van der Waals surface area contributed by atoms with Gasteiger partial charge in [0.2, 0.25) is 0 Å². The molecule has 13 heavy (non-hydrogen) atoms. The van der Waals surface area contributed by atoms with Crippen molar-refractivity contribution < 1.29 is 9.84 Å². The lowest BCUT2D eigenvalue weighted by atomic mass is 10.2. The molecule has 4 nitrogen and oxygen atoms in total. The van der Waals surface area contributed by atoms with E-state index in [0.29, 0.717) is 17.9 Å². The second kappa shape index (κ2) is 3.97. The van der Waals surface area contributed by atoms with Crippen molar-refractivity contribution in [3.8, 4) is 6.07 Å². The Balaban J connectivity index is 2.82. The van der Waals surface area contributed by atoms with Crippen LogP contribution in [0, 0.1) is 11.3 Å². The lowest BCUT2D eigenvalue weighted by Gasteiger charge is -2.26. The minimum Gasteiger partial charge on any atom is -0.496 e. The zero-order chi connectivity index (χ0) is 9.84. The first-order valence-corrected chi connectivity index (χ1v) is 3.98. The van der Waals surface area contributed by atoms with Crippen LogP contribution in [-0.2, 0) is 4.74 Å². The minimum absolute atomic E-state index is 0.397. The highest BCUT2D eigenvalue weighted by molar-refractivity contribution is 5.35. The first-order chi connectivity index (χ1) is 6.19. The number of ether oxygens (including phenoxy) is 1. The second-order valence-electron chi connectivity index (χ2n) is 2.78. The van der Waals surface area contributed by atoms with E-state index in [-0.39, 0.29) is 0 Å². The van der Waals surface area contributed by atoms with Crippen molar-refractivity contribution in [2.75, 3.05) is 13.7 Å². The van der Waals surface area contributed by atoms with Crippen LogP contribution in [-0.4, -0.2) is 29.9 Å². The van der Waals surface area contributed by atoms with Gasteiger partial charge in [0, 0.05) is 6.20 Å². The van der Waals surface area contributed by atoms with E-state index in [9.17, 15) is 5.11 Å². The molecule has 1 aliphatic rings. The summed E-state index contributed by atoms with van der Waals surface area (Å²) in [6, 6.07) is 2.04. The molecule has 0 radical (unpaired) electrons. The molecule has 70 valence electrons. The number of nitriles is 1. The fourth-order valence-electron chi connectivity index (χ4n) is 1.12. The Morgan fingerprint density at radius 2 is 2.46 bits per heavy atom. The third kappa shape index (κ3) is 2.01. The zero-order valence-corrected chi connectivity index (χ0v) is 7.69. The predicted octanol–water partition coefficient (Wildman–Crippen LogP) is 0.578. The van der Waals surface area contributed by atoms with Gasteiger partial charge in [0.15, 0.2) is 0 Å². The van der Waals surface area contributed by atoms with E-state index in [0.717, 1.165) is 0 Å². The third-order valence-electron chi connectivity index (χ3n) is 1.89. The molecule has 0 spiro atoms. The molecule has 4 heteroatoms. The maximum Gasteiger partial charge on any atom is 0.135 e. The molecule has 1 atom stereocenters. The zero-order valence-electron chi connectivity index (χ0n) is 7.69. The molecule has 0 amide bonds. The molecule has 1 rings (SSSR count). The highest BCUT2D eigenvalue weighted by Gasteiger charge is 2.16. The molecule has 0 aliphatic carbocycles. The Kier molecular flexibility index (Phi) is 2.93. The van der Waals surface area contributed by atoms with Crippen molar-refractivity contribution in [1.82, 2.24) is 4.90 Å². The van der Waals surface area contributed by atoms with Crippen molar-refractivity contribution >= 4 is 0 Å². The van der Waals surface area contributed by atoms with Crippen LogP contribution in [0.2, 0.25) is 0 Å². The van der Waals surface area contributed by atoms with Gasteiger partial charge in [-0.2, -0.15) is 5.26 Å². The van der Waals surface area contributed by atoms with Crippen LogP contribution in [0.15, 0.2) is 23.6 Å². The molecule has 0 aromatic carbocycles. The van der Waals surface area contributed by atoms with Gasteiger partial charge in [0.05, 0.1) is 19.2 Å².